The van der Waals surface area contributed by atoms with Gasteiger partial charge >= 0.3 is 0 Å². The van der Waals surface area contributed by atoms with Crippen LogP contribution in [0.5, 0.6) is 0 Å². The van der Waals surface area contributed by atoms with E-state index in [0.29, 0.717) is 12.0 Å². The second kappa shape index (κ2) is 6.04. The molecule has 2 rings (SSSR count). The molecular formula is C15H27N3. The topological polar surface area (TPSA) is 39.1 Å². The van der Waals surface area contributed by atoms with E-state index in [0.717, 1.165) is 19.5 Å². The van der Waals surface area contributed by atoms with E-state index in [9.17, 15) is 5.26 Å². The highest BCUT2D eigenvalue weighted by Crippen LogP contribution is 2.40. The zero-order chi connectivity index (χ0) is 13.0. The number of nitriles is 1. The number of nitrogens with zero attached hydrogens (tertiary/aromatic N) is 2. The normalized spacial score (nSPS) is 24.1. The Balaban J connectivity index is 1.97. The molecule has 0 heterocycles. The summed E-state index contributed by atoms with van der Waals surface area (Å²) < 4.78 is 0. The molecule has 2 aliphatic rings. The van der Waals surface area contributed by atoms with Gasteiger partial charge in [0.05, 0.1) is 6.07 Å². The van der Waals surface area contributed by atoms with Gasteiger partial charge in [-0.05, 0) is 51.6 Å². The molecule has 0 saturated heterocycles. The Bertz CT molecular complexity index is 299. The quantitative estimate of drug-likeness (QED) is 0.753. The molecule has 0 aromatic heterocycles. The molecule has 3 heteroatoms. The first kappa shape index (κ1) is 13.8. The molecule has 1 atom stereocenters. The first-order valence-electron chi connectivity index (χ1n) is 7.58. The summed E-state index contributed by atoms with van der Waals surface area (Å²) in [6, 6.07) is 3.32. The lowest BCUT2D eigenvalue weighted by Gasteiger charge is -2.35. The summed E-state index contributed by atoms with van der Waals surface area (Å²) in [6.07, 6.45) is 8.91. The van der Waals surface area contributed by atoms with Crippen LogP contribution in [-0.4, -0.2) is 36.6 Å². The maximum atomic E-state index is 9.67. The summed E-state index contributed by atoms with van der Waals surface area (Å²) in [5.74, 6) is 0.581. The van der Waals surface area contributed by atoms with Crippen molar-refractivity contribution in [2.24, 2.45) is 5.92 Å². The maximum Gasteiger partial charge on any atom is 0.122 e. The average molecular weight is 249 g/mol. The lowest BCUT2D eigenvalue weighted by atomic mass is 9.93. The largest absolute Gasteiger partial charge is 0.301 e. The van der Waals surface area contributed by atoms with Gasteiger partial charge in [-0.3, -0.25) is 5.32 Å². The standard InChI is InChI=1S/C15H27N3/c1-3-10-17-15(11-16,13-8-9-13)12-18(2)14-6-4-5-7-14/h13-14,17H,3-10,12H2,1-2H3. The third kappa shape index (κ3) is 3.05. The van der Waals surface area contributed by atoms with Crippen molar-refractivity contribution in [3.05, 3.63) is 0 Å². The fourth-order valence-corrected chi connectivity index (χ4v) is 3.29. The van der Waals surface area contributed by atoms with E-state index >= 15 is 0 Å². The molecule has 1 unspecified atom stereocenters. The van der Waals surface area contributed by atoms with Crippen molar-refractivity contribution in [1.82, 2.24) is 10.2 Å². The van der Waals surface area contributed by atoms with Crippen LogP contribution in [0.4, 0.5) is 0 Å². The molecule has 0 amide bonds. The Morgan fingerprint density at radius 2 is 1.94 bits per heavy atom. The average Bonchev–Trinajstić information content (AvgIpc) is 3.09. The van der Waals surface area contributed by atoms with Crippen molar-refractivity contribution in [3.8, 4) is 6.07 Å². The number of likely N-dealkylation sites (N-methyl/N-ethyl adjacent to an activating group) is 1. The second-order valence-corrected chi connectivity index (χ2v) is 6.14. The number of rotatable bonds is 7. The summed E-state index contributed by atoms with van der Waals surface area (Å²) in [5, 5.41) is 13.2. The van der Waals surface area contributed by atoms with Crippen LogP contribution in [0.1, 0.15) is 51.9 Å². The van der Waals surface area contributed by atoms with Crippen LogP contribution in [0, 0.1) is 17.2 Å². The van der Waals surface area contributed by atoms with E-state index < -0.39 is 0 Å². The van der Waals surface area contributed by atoms with E-state index in [2.05, 4.69) is 30.3 Å². The molecule has 0 radical (unpaired) electrons. The van der Waals surface area contributed by atoms with E-state index in [1.54, 1.807) is 0 Å². The van der Waals surface area contributed by atoms with Crippen LogP contribution in [0.15, 0.2) is 0 Å². The highest BCUT2D eigenvalue weighted by molar-refractivity contribution is 5.16. The van der Waals surface area contributed by atoms with Crippen molar-refractivity contribution in [1.29, 1.82) is 5.26 Å². The molecule has 2 aliphatic carbocycles. The molecule has 0 aliphatic heterocycles. The Morgan fingerprint density at radius 1 is 1.28 bits per heavy atom. The smallest absolute Gasteiger partial charge is 0.122 e. The third-order valence-corrected chi connectivity index (χ3v) is 4.61. The highest BCUT2D eigenvalue weighted by Gasteiger charge is 2.46. The van der Waals surface area contributed by atoms with Crippen LogP contribution in [0.3, 0.4) is 0 Å². The van der Waals surface area contributed by atoms with Crippen molar-refractivity contribution in [3.63, 3.8) is 0 Å². The van der Waals surface area contributed by atoms with E-state index in [1.807, 2.05) is 0 Å². The third-order valence-electron chi connectivity index (χ3n) is 4.61. The monoisotopic (exact) mass is 249 g/mol. The predicted molar refractivity (Wildman–Crippen MR) is 74.2 cm³/mol. The lowest BCUT2D eigenvalue weighted by molar-refractivity contribution is 0.179. The SMILES string of the molecule is CCCNC(C#N)(CN(C)C1CCCC1)C1CC1. The van der Waals surface area contributed by atoms with Crippen LogP contribution in [0.25, 0.3) is 0 Å². The highest BCUT2D eigenvalue weighted by atomic mass is 15.2. The van der Waals surface area contributed by atoms with Crippen LogP contribution in [0.2, 0.25) is 0 Å². The minimum Gasteiger partial charge on any atom is -0.301 e. The predicted octanol–water partition coefficient (Wildman–Crippen LogP) is 2.53. The Morgan fingerprint density at radius 3 is 2.44 bits per heavy atom. The summed E-state index contributed by atoms with van der Waals surface area (Å²) in [5.41, 5.74) is -0.284. The van der Waals surface area contributed by atoms with Crippen molar-refractivity contribution in [2.45, 2.75) is 63.5 Å². The van der Waals surface area contributed by atoms with Gasteiger partial charge in [0.2, 0.25) is 0 Å². The summed E-state index contributed by atoms with van der Waals surface area (Å²) in [4.78, 5) is 2.44. The van der Waals surface area contributed by atoms with Crippen LogP contribution in [-0.2, 0) is 0 Å². The molecule has 2 fully saturated rings. The molecule has 102 valence electrons. The first-order chi connectivity index (χ1) is 8.72. The van der Waals surface area contributed by atoms with Gasteiger partial charge in [0.1, 0.15) is 5.54 Å². The second-order valence-electron chi connectivity index (χ2n) is 6.14. The summed E-state index contributed by atoms with van der Waals surface area (Å²) in [7, 11) is 2.21. The minimum atomic E-state index is -0.284. The van der Waals surface area contributed by atoms with Gasteiger partial charge in [-0.2, -0.15) is 5.26 Å². The van der Waals surface area contributed by atoms with Crippen LogP contribution >= 0.6 is 0 Å². The van der Waals surface area contributed by atoms with Gasteiger partial charge in [-0.25, -0.2) is 0 Å². The van der Waals surface area contributed by atoms with E-state index in [4.69, 9.17) is 0 Å². The maximum absolute atomic E-state index is 9.67. The van der Waals surface area contributed by atoms with E-state index in [-0.39, 0.29) is 5.54 Å². The fourth-order valence-electron chi connectivity index (χ4n) is 3.29. The van der Waals surface area contributed by atoms with Gasteiger partial charge in [-0.1, -0.05) is 19.8 Å². The van der Waals surface area contributed by atoms with Crippen molar-refractivity contribution < 1.29 is 0 Å². The van der Waals surface area contributed by atoms with Crippen molar-refractivity contribution >= 4 is 0 Å². The van der Waals surface area contributed by atoms with Gasteiger partial charge < -0.3 is 4.90 Å². The molecule has 0 spiro atoms. The Kier molecular flexibility index (Phi) is 4.64. The van der Waals surface area contributed by atoms with E-state index in [1.165, 1.54) is 38.5 Å². The summed E-state index contributed by atoms with van der Waals surface area (Å²) >= 11 is 0. The van der Waals surface area contributed by atoms with Crippen molar-refractivity contribution in [2.75, 3.05) is 20.1 Å². The summed E-state index contributed by atoms with van der Waals surface area (Å²) in [6.45, 7) is 4.03. The molecule has 2 saturated carbocycles. The molecule has 0 bridgehead atoms. The zero-order valence-electron chi connectivity index (χ0n) is 11.9. The van der Waals surface area contributed by atoms with Gasteiger partial charge in [0.25, 0.3) is 0 Å². The lowest BCUT2D eigenvalue weighted by Crippen LogP contribution is -2.55. The first-order valence-corrected chi connectivity index (χ1v) is 7.58. The molecular weight excluding hydrogens is 222 g/mol. The van der Waals surface area contributed by atoms with Gasteiger partial charge in [0, 0.05) is 12.6 Å². The molecule has 0 aromatic carbocycles. The molecule has 3 nitrogen and oxygen atoms in total. The van der Waals surface area contributed by atoms with Crippen LogP contribution < -0.4 is 5.32 Å². The number of hydrogen-bond donors (Lipinski definition) is 1. The molecule has 18 heavy (non-hydrogen) atoms. The number of hydrogen-bond acceptors (Lipinski definition) is 3. The fraction of sp³-hybridized carbons (Fsp3) is 0.933. The molecule has 0 aromatic rings. The molecule has 1 N–H and O–H groups in total. The Labute approximate surface area is 112 Å². The Hall–Kier alpha value is -0.590. The number of nitrogens with one attached hydrogen (secondary N) is 1. The van der Waals surface area contributed by atoms with Gasteiger partial charge in [0.15, 0.2) is 0 Å². The zero-order valence-corrected chi connectivity index (χ0v) is 11.9. The minimum absolute atomic E-state index is 0.284. The van der Waals surface area contributed by atoms with Gasteiger partial charge in [-0.15, -0.1) is 0 Å².